The summed E-state index contributed by atoms with van der Waals surface area (Å²) in [7, 11) is 0. The van der Waals surface area contributed by atoms with E-state index in [1.807, 2.05) is 34.0 Å². The van der Waals surface area contributed by atoms with Gasteiger partial charge in [0.1, 0.15) is 0 Å². The molecule has 0 aliphatic heterocycles. The minimum atomic E-state index is 1.25. The zero-order valence-corrected chi connectivity index (χ0v) is 35.1. The quantitative estimate of drug-likeness (QED) is 0.156. The molecule has 0 aliphatic rings. The van der Waals surface area contributed by atoms with Crippen LogP contribution in [0.5, 0.6) is 0 Å². The van der Waals surface area contributed by atoms with Crippen molar-refractivity contribution in [3.8, 4) is 33.4 Å². The highest BCUT2D eigenvalue weighted by molar-refractivity contribution is 7.28. The van der Waals surface area contributed by atoms with E-state index in [9.17, 15) is 0 Å². The smallest absolute Gasteiger partial charge is 0.0441 e. The molecule has 14 aromatic rings. The first kappa shape index (κ1) is 33.9. The van der Waals surface area contributed by atoms with Crippen molar-refractivity contribution in [2.75, 3.05) is 0 Å². The van der Waals surface area contributed by atoms with E-state index in [4.69, 9.17) is 0 Å². The standard InChI is InChI=1S/C58H32S3/c1-3-16-36-33(13-1)15-11-23-38(36)53-41-20-7-5-18-39(41)52(40-19-6-8-21-42(40)53)35-27-28-49-46(32-35)43-24-12-25-45(57(43)60-49)54-37-17-4-2-14-34(37)31-47-56-51(61-58(47)54)30-29-50-55(56)44-22-9-10-26-48(44)59-50/h1-32H. The molecule has 0 radical (unpaired) electrons. The number of benzene rings is 11. The molecule has 0 nitrogen and oxygen atoms in total. The summed E-state index contributed by atoms with van der Waals surface area (Å²) >= 11 is 5.79. The first-order valence-corrected chi connectivity index (χ1v) is 23.3. The number of hydrogen-bond donors (Lipinski definition) is 0. The molecule has 61 heavy (non-hydrogen) atoms. The summed E-state index contributed by atoms with van der Waals surface area (Å²) in [5.41, 5.74) is 7.78. The Hall–Kier alpha value is -6.88. The predicted molar refractivity (Wildman–Crippen MR) is 271 cm³/mol. The van der Waals surface area contributed by atoms with Crippen molar-refractivity contribution in [3.63, 3.8) is 0 Å². The third kappa shape index (κ3) is 4.80. The highest BCUT2D eigenvalue weighted by Gasteiger charge is 2.22. The highest BCUT2D eigenvalue weighted by atomic mass is 32.1. The second-order valence-corrected chi connectivity index (χ2v) is 19.4. The van der Waals surface area contributed by atoms with Crippen LogP contribution in [-0.2, 0) is 0 Å². The van der Waals surface area contributed by atoms with Crippen LogP contribution < -0.4 is 0 Å². The van der Waals surface area contributed by atoms with Gasteiger partial charge in [-0.25, -0.2) is 0 Å². The molecular weight excluding hydrogens is 793 g/mol. The molecule has 0 spiro atoms. The molecule has 3 heteroatoms. The van der Waals surface area contributed by atoms with Crippen molar-refractivity contribution in [1.82, 2.24) is 0 Å². The first-order chi connectivity index (χ1) is 30.3. The second kappa shape index (κ2) is 12.8. The molecule has 0 aliphatic carbocycles. The van der Waals surface area contributed by atoms with Gasteiger partial charge in [0.05, 0.1) is 0 Å². The Morgan fingerprint density at radius 3 is 1.56 bits per heavy atom. The summed E-state index contributed by atoms with van der Waals surface area (Å²) < 4.78 is 8.08. The van der Waals surface area contributed by atoms with Gasteiger partial charge in [-0.05, 0) is 102 Å². The van der Waals surface area contributed by atoms with E-state index < -0.39 is 0 Å². The van der Waals surface area contributed by atoms with Gasteiger partial charge in [0, 0.05) is 71.6 Å². The summed E-state index contributed by atoms with van der Waals surface area (Å²) in [4.78, 5) is 0. The molecule has 282 valence electrons. The van der Waals surface area contributed by atoms with E-state index in [-0.39, 0.29) is 0 Å². The van der Waals surface area contributed by atoms with Gasteiger partial charge in [0.15, 0.2) is 0 Å². The topological polar surface area (TPSA) is 0 Å². The van der Waals surface area contributed by atoms with Crippen molar-refractivity contribution < 1.29 is 0 Å². The number of rotatable bonds is 3. The third-order valence-electron chi connectivity index (χ3n) is 13.0. The minimum Gasteiger partial charge on any atom is -0.135 e. The molecule has 3 aromatic heterocycles. The molecule has 0 saturated carbocycles. The summed E-state index contributed by atoms with van der Waals surface area (Å²) in [6.45, 7) is 0. The first-order valence-electron chi connectivity index (χ1n) is 20.8. The molecule has 0 amide bonds. The van der Waals surface area contributed by atoms with Crippen molar-refractivity contribution in [1.29, 1.82) is 0 Å². The van der Waals surface area contributed by atoms with Crippen molar-refractivity contribution >= 4 is 138 Å². The monoisotopic (exact) mass is 824 g/mol. The average Bonchev–Trinajstić information content (AvgIpc) is 4.01. The molecule has 11 aromatic carbocycles. The molecule has 14 rings (SSSR count). The van der Waals surface area contributed by atoms with Gasteiger partial charge in [-0.1, -0.05) is 158 Å². The Morgan fingerprint density at radius 1 is 0.246 bits per heavy atom. The summed E-state index contributed by atoms with van der Waals surface area (Å²) in [5.74, 6) is 0. The summed E-state index contributed by atoms with van der Waals surface area (Å²) in [6.07, 6.45) is 0. The van der Waals surface area contributed by atoms with Gasteiger partial charge in [-0.3, -0.25) is 0 Å². The Balaban J connectivity index is 1.03. The second-order valence-electron chi connectivity index (χ2n) is 16.2. The third-order valence-corrected chi connectivity index (χ3v) is 16.6. The highest BCUT2D eigenvalue weighted by Crippen LogP contribution is 2.52. The largest absolute Gasteiger partial charge is 0.135 e. The molecular formula is C58H32S3. The van der Waals surface area contributed by atoms with Crippen LogP contribution in [0.25, 0.3) is 137 Å². The molecule has 0 saturated heterocycles. The summed E-state index contributed by atoms with van der Waals surface area (Å²) in [6, 6.07) is 72.8. The Morgan fingerprint density at radius 2 is 0.770 bits per heavy atom. The van der Waals surface area contributed by atoms with Crippen LogP contribution in [0.3, 0.4) is 0 Å². The Bertz CT molecular complexity index is 4110. The predicted octanol–water partition coefficient (Wildman–Crippen LogP) is 18.4. The van der Waals surface area contributed by atoms with Crippen LogP contribution in [0.2, 0.25) is 0 Å². The molecule has 3 heterocycles. The number of thiophene rings is 3. The molecule has 0 unspecified atom stereocenters. The zero-order chi connectivity index (χ0) is 39.8. The van der Waals surface area contributed by atoms with Gasteiger partial charge in [0.2, 0.25) is 0 Å². The van der Waals surface area contributed by atoms with Crippen molar-refractivity contribution in [2.45, 2.75) is 0 Å². The average molecular weight is 825 g/mol. The fourth-order valence-corrected chi connectivity index (χ4v) is 14.1. The number of fused-ring (bicyclic) bond motifs is 14. The fourth-order valence-electron chi connectivity index (χ4n) is 10.5. The van der Waals surface area contributed by atoms with Gasteiger partial charge in [-0.15, -0.1) is 34.0 Å². The van der Waals surface area contributed by atoms with E-state index in [0.717, 1.165) is 0 Å². The van der Waals surface area contributed by atoms with Crippen LogP contribution in [0.4, 0.5) is 0 Å². The van der Waals surface area contributed by atoms with Crippen LogP contribution in [0, 0.1) is 0 Å². The lowest BCUT2D eigenvalue weighted by Gasteiger charge is -2.19. The Labute approximate surface area is 362 Å². The van der Waals surface area contributed by atoms with E-state index in [0.29, 0.717) is 0 Å². The van der Waals surface area contributed by atoms with Crippen LogP contribution in [-0.4, -0.2) is 0 Å². The fraction of sp³-hybridized carbons (Fsp3) is 0. The molecule has 0 bridgehead atoms. The van der Waals surface area contributed by atoms with E-state index in [1.165, 1.54) is 137 Å². The van der Waals surface area contributed by atoms with Gasteiger partial charge in [0.25, 0.3) is 0 Å². The van der Waals surface area contributed by atoms with Crippen molar-refractivity contribution in [3.05, 3.63) is 194 Å². The maximum Gasteiger partial charge on any atom is 0.0441 e. The maximum absolute atomic E-state index is 2.47. The van der Waals surface area contributed by atoms with Crippen LogP contribution in [0.1, 0.15) is 0 Å². The molecule has 0 N–H and O–H groups in total. The van der Waals surface area contributed by atoms with E-state index >= 15 is 0 Å². The number of hydrogen-bond acceptors (Lipinski definition) is 3. The minimum absolute atomic E-state index is 1.25. The van der Waals surface area contributed by atoms with Gasteiger partial charge in [-0.2, -0.15) is 0 Å². The Kier molecular flexibility index (Phi) is 7.12. The lowest BCUT2D eigenvalue weighted by Crippen LogP contribution is -1.91. The zero-order valence-electron chi connectivity index (χ0n) is 32.7. The van der Waals surface area contributed by atoms with Crippen molar-refractivity contribution in [2.24, 2.45) is 0 Å². The maximum atomic E-state index is 2.47. The van der Waals surface area contributed by atoms with Gasteiger partial charge >= 0.3 is 0 Å². The van der Waals surface area contributed by atoms with Gasteiger partial charge < -0.3 is 0 Å². The molecule has 0 fully saturated rings. The lowest BCUT2D eigenvalue weighted by molar-refractivity contribution is 1.69. The SMILES string of the molecule is c1ccc2c(-c3c4ccccc4c(-c4ccc5sc6c(-c7c8ccccc8cc8c7sc7ccc9sc%10ccccc%10c9c78)cccc6c5c4)c4ccccc34)cccc2c1. The lowest BCUT2D eigenvalue weighted by atomic mass is 9.84. The van der Waals surface area contributed by atoms with E-state index in [1.54, 1.807) is 0 Å². The normalized spacial score (nSPS) is 12.3. The summed E-state index contributed by atoms with van der Waals surface area (Å²) in [5, 5.41) is 18.4. The molecule has 0 atom stereocenters. The van der Waals surface area contributed by atoms with E-state index in [2.05, 4.69) is 194 Å². The van der Waals surface area contributed by atoms with Crippen LogP contribution >= 0.6 is 34.0 Å². The van der Waals surface area contributed by atoms with Crippen LogP contribution in [0.15, 0.2) is 194 Å².